The highest BCUT2D eigenvalue weighted by molar-refractivity contribution is 5.89. The molecule has 2 fully saturated rings. The van der Waals surface area contributed by atoms with Gasteiger partial charge in [0.15, 0.2) is 0 Å². The van der Waals surface area contributed by atoms with Gasteiger partial charge in [0.1, 0.15) is 0 Å². The summed E-state index contributed by atoms with van der Waals surface area (Å²) >= 11 is 0. The summed E-state index contributed by atoms with van der Waals surface area (Å²) < 4.78 is 0. The summed E-state index contributed by atoms with van der Waals surface area (Å²) in [6.07, 6.45) is 3.85. The summed E-state index contributed by atoms with van der Waals surface area (Å²) in [5.41, 5.74) is 1.34. The third-order valence-corrected chi connectivity index (χ3v) is 4.74. The normalized spacial score (nSPS) is 26.4. The molecule has 0 aromatic heterocycles. The van der Waals surface area contributed by atoms with Crippen molar-refractivity contribution in [2.24, 2.45) is 11.8 Å². The van der Waals surface area contributed by atoms with E-state index in [2.05, 4.69) is 17.4 Å². The number of nitrogens with one attached hydrogen (secondary N) is 1. The number of carbonyl (C=O) groups excluding carboxylic acids is 1. The van der Waals surface area contributed by atoms with Gasteiger partial charge < -0.3 is 10.4 Å². The molecule has 2 N–H and O–H groups in total. The lowest BCUT2D eigenvalue weighted by molar-refractivity contribution is -0.140. The Balaban J connectivity index is 1.60. The molecule has 2 aliphatic carbocycles. The van der Waals surface area contributed by atoms with Crippen LogP contribution in [0.25, 0.3) is 0 Å². The Hall–Kier alpha value is -1.84. The fourth-order valence-corrected chi connectivity index (χ4v) is 3.11. The molecule has 106 valence electrons. The van der Waals surface area contributed by atoms with E-state index in [0.29, 0.717) is 13.0 Å². The van der Waals surface area contributed by atoms with Gasteiger partial charge in [0.05, 0.1) is 11.8 Å². The van der Waals surface area contributed by atoms with E-state index < -0.39 is 11.9 Å². The summed E-state index contributed by atoms with van der Waals surface area (Å²) in [5, 5.41) is 11.8. The van der Waals surface area contributed by atoms with Crippen LogP contribution in [0.2, 0.25) is 0 Å². The minimum atomic E-state index is -0.855. The number of carboxylic acids is 1. The van der Waals surface area contributed by atoms with E-state index in [1.54, 1.807) is 0 Å². The Morgan fingerprint density at radius 3 is 2.40 bits per heavy atom. The summed E-state index contributed by atoms with van der Waals surface area (Å²) in [6, 6.07) is 10.3. The van der Waals surface area contributed by atoms with Crippen molar-refractivity contribution in [1.82, 2.24) is 5.32 Å². The number of hydrogen-bond acceptors (Lipinski definition) is 2. The number of carbonyl (C=O) groups is 2. The molecule has 2 saturated carbocycles. The van der Waals surface area contributed by atoms with Crippen molar-refractivity contribution in [1.29, 1.82) is 0 Å². The van der Waals surface area contributed by atoms with Crippen molar-refractivity contribution in [2.75, 3.05) is 6.54 Å². The monoisotopic (exact) mass is 273 g/mol. The standard InChI is InChI=1S/C16H19NO3/c18-14(12-9-13(12)15(19)20)17-10-16(7-4-8-16)11-5-2-1-3-6-11/h1-3,5-6,12-13H,4,7-10H2,(H,17,18)(H,19,20). The molecule has 20 heavy (non-hydrogen) atoms. The Morgan fingerprint density at radius 1 is 1.20 bits per heavy atom. The van der Waals surface area contributed by atoms with Crippen molar-refractivity contribution in [3.63, 3.8) is 0 Å². The zero-order valence-electron chi connectivity index (χ0n) is 11.3. The molecule has 1 aromatic rings. The Labute approximate surface area is 118 Å². The van der Waals surface area contributed by atoms with Crippen LogP contribution in [0.5, 0.6) is 0 Å². The van der Waals surface area contributed by atoms with Crippen LogP contribution in [0.4, 0.5) is 0 Å². The number of aliphatic carboxylic acids is 1. The van der Waals surface area contributed by atoms with Crippen LogP contribution in [-0.4, -0.2) is 23.5 Å². The average Bonchev–Trinajstić information content (AvgIpc) is 3.19. The lowest BCUT2D eigenvalue weighted by atomic mass is 9.64. The number of amides is 1. The minimum absolute atomic E-state index is 0.0600. The molecule has 0 aliphatic heterocycles. The zero-order valence-corrected chi connectivity index (χ0v) is 11.3. The number of benzene rings is 1. The minimum Gasteiger partial charge on any atom is -0.481 e. The van der Waals surface area contributed by atoms with E-state index in [9.17, 15) is 9.59 Å². The van der Waals surface area contributed by atoms with Gasteiger partial charge in [-0.1, -0.05) is 36.8 Å². The van der Waals surface area contributed by atoms with Gasteiger partial charge in [0.25, 0.3) is 0 Å². The summed E-state index contributed by atoms with van der Waals surface area (Å²) in [6.45, 7) is 0.624. The van der Waals surface area contributed by atoms with Crippen molar-refractivity contribution < 1.29 is 14.7 Å². The highest BCUT2D eigenvalue weighted by atomic mass is 16.4. The summed E-state index contributed by atoms with van der Waals surface area (Å²) in [4.78, 5) is 22.8. The van der Waals surface area contributed by atoms with Gasteiger partial charge in [-0.15, -0.1) is 0 Å². The zero-order chi connectivity index (χ0) is 14.2. The van der Waals surface area contributed by atoms with E-state index in [4.69, 9.17) is 5.11 Å². The largest absolute Gasteiger partial charge is 0.481 e. The first-order valence-corrected chi connectivity index (χ1v) is 7.18. The summed E-state index contributed by atoms with van der Waals surface area (Å²) in [5.74, 6) is -1.74. The van der Waals surface area contributed by atoms with Gasteiger partial charge in [-0.05, 0) is 24.8 Å². The second-order valence-electron chi connectivity index (χ2n) is 6.00. The smallest absolute Gasteiger partial charge is 0.307 e. The molecule has 0 heterocycles. The second-order valence-corrected chi connectivity index (χ2v) is 6.00. The molecular weight excluding hydrogens is 254 g/mol. The fraction of sp³-hybridized carbons (Fsp3) is 0.500. The van der Waals surface area contributed by atoms with Gasteiger partial charge in [-0.2, -0.15) is 0 Å². The van der Waals surface area contributed by atoms with Crippen LogP contribution in [0.3, 0.4) is 0 Å². The maximum atomic E-state index is 12.0. The summed E-state index contributed by atoms with van der Waals surface area (Å²) in [7, 11) is 0. The molecule has 0 spiro atoms. The average molecular weight is 273 g/mol. The van der Waals surface area contributed by atoms with Gasteiger partial charge in [-0.3, -0.25) is 9.59 Å². The van der Waals surface area contributed by atoms with Crippen LogP contribution in [0, 0.1) is 11.8 Å². The molecule has 0 radical (unpaired) electrons. The van der Waals surface area contributed by atoms with Crippen LogP contribution < -0.4 is 5.32 Å². The predicted octanol–water partition coefficient (Wildman–Crippen LogP) is 1.95. The van der Waals surface area contributed by atoms with Gasteiger partial charge in [0.2, 0.25) is 5.91 Å². The molecule has 1 aromatic carbocycles. The molecule has 1 amide bonds. The third-order valence-electron chi connectivity index (χ3n) is 4.74. The second kappa shape index (κ2) is 4.93. The fourth-order valence-electron chi connectivity index (χ4n) is 3.11. The lowest BCUT2D eigenvalue weighted by Gasteiger charge is -2.42. The predicted molar refractivity (Wildman–Crippen MR) is 74.2 cm³/mol. The Morgan fingerprint density at radius 2 is 1.90 bits per heavy atom. The maximum Gasteiger partial charge on any atom is 0.307 e. The highest BCUT2D eigenvalue weighted by Crippen LogP contribution is 2.44. The first-order chi connectivity index (χ1) is 9.62. The van der Waals surface area contributed by atoms with E-state index in [-0.39, 0.29) is 17.2 Å². The molecule has 0 saturated heterocycles. The third kappa shape index (κ3) is 2.30. The quantitative estimate of drug-likeness (QED) is 0.861. The highest BCUT2D eigenvalue weighted by Gasteiger charge is 2.49. The van der Waals surface area contributed by atoms with Crippen molar-refractivity contribution in [2.45, 2.75) is 31.1 Å². The van der Waals surface area contributed by atoms with E-state index >= 15 is 0 Å². The Bertz CT molecular complexity index is 522. The van der Waals surface area contributed by atoms with Crippen LogP contribution in [-0.2, 0) is 15.0 Å². The number of rotatable bonds is 5. The van der Waals surface area contributed by atoms with E-state index in [1.807, 2.05) is 18.2 Å². The van der Waals surface area contributed by atoms with Crippen molar-refractivity contribution in [3.8, 4) is 0 Å². The Kier molecular flexibility index (Phi) is 3.24. The van der Waals surface area contributed by atoms with Crippen molar-refractivity contribution >= 4 is 11.9 Å². The number of carboxylic acid groups (broad SMARTS) is 1. The van der Waals surface area contributed by atoms with Gasteiger partial charge >= 0.3 is 5.97 Å². The molecule has 0 bridgehead atoms. The maximum absolute atomic E-state index is 12.0. The van der Waals surface area contributed by atoms with E-state index in [0.717, 1.165) is 12.8 Å². The molecule has 4 heteroatoms. The number of hydrogen-bond donors (Lipinski definition) is 2. The molecule has 2 unspecified atom stereocenters. The van der Waals surface area contributed by atoms with Gasteiger partial charge in [-0.25, -0.2) is 0 Å². The van der Waals surface area contributed by atoms with E-state index in [1.165, 1.54) is 12.0 Å². The first kappa shape index (κ1) is 13.2. The van der Waals surface area contributed by atoms with Crippen LogP contribution >= 0.6 is 0 Å². The SMILES string of the molecule is O=C(O)C1CC1C(=O)NCC1(c2ccccc2)CCC1. The molecule has 4 nitrogen and oxygen atoms in total. The van der Waals surface area contributed by atoms with Gasteiger partial charge in [0, 0.05) is 12.0 Å². The topological polar surface area (TPSA) is 66.4 Å². The lowest BCUT2D eigenvalue weighted by Crippen LogP contribution is -2.46. The van der Waals surface area contributed by atoms with Crippen molar-refractivity contribution in [3.05, 3.63) is 35.9 Å². The van der Waals surface area contributed by atoms with Crippen LogP contribution in [0.15, 0.2) is 30.3 Å². The first-order valence-electron chi connectivity index (χ1n) is 7.18. The molecule has 2 atom stereocenters. The molecule has 3 rings (SSSR count). The van der Waals surface area contributed by atoms with Crippen LogP contribution in [0.1, 0.15) is 31.2 Å². The molecular formula is C16H19NO3. The molecule has 2 aliphatic rings.